The summed E-state index contributed by atoms with van der Waals surface area (Å²) in [5.74, 6) is -1.27. The van der Waals surface area contributed by atoms with Gasteiger partial charge >= 0.3 is 5.97 Å². The number of aromatic carboxylic acids is 1. The minimum atomic E-state index is -1.27. The lowest BCUT2D eigenvalue weighted by Gasteiger charge is -2.02. The van der Waals surface area contributed by atoms with E-state index in [0.717, 1.165) is 6.20 Å². The highest BCUT2D eigenvalue weighted by Gasteiger charge is 2.14. The van der Waals surface area contributed by atoms with Crippen molar-refractivity contribution in [1.82, 2.24) is 9.97 Å². The van der Waals surface area contributed by atoms with Gasteiger partial charge in [-0.3, -0.25) is 4.79 Å². The summed E-state index contributed by atoms with van der Waals surface area (Å²) in [7, 11) is 0. The maximum atomic E-state index is 11.8. The predicted molar refractivity (Wildman–Crippen MR) is 59.1 cm³/mol. The molecule has 0 spiro atoms. The normalized spacial score (nSPS) is 10.6. The van der Waals surface area contributed by atoms with Crippen LogP contribution in [0.4, 0.5) is 0 Å². The molecular weight excluding hydrogens is 232 g/mol. The summed E-state index contributed by atoms with van der Waals surface area (Å²) in [5.41, 5.74) is 0.0296. The van der Waals surface area contributed by atoms with Crippen LogP contribution in [0.15, 0.2) is 17.1 Å². The van der Waals surface area contributed by atoms with Crippen molar-refractivity contribution in [3.8, 4) is 0 Å². The van der Waals surface area contributed by atoms with Gasteiger partial charge in [-0.1, -0.05) is 11.6 Å². The lowest BCUT2D eigenvalue weighted by atomic mass is 10.1. The van der Waals surface area contributed by atoms with Crippen LogP contribution in [0.3, 0.4) is 0 Å². The molecule has 0 fully saturated rings. The molecule has 0 aromatic carbocycles. The highest BCUT2D eigenvalue weighted by atomic mass is 35.5. The van der Waals surface area contributed by atoms with E-state index >= 15 is 0 Å². The molecule has 0 radical (unpaired) electrons. The fraction of sp³-hybridized carbons (Fsp3) is 0.100. The van der Waals surface area contributed by atoms with Crippen LogP contribution in [0.25, 0.3) is 11.0 Å². The Kier molecular flexibility index (Phi) is 2.40. The van der Waals surface area contributed by atoms with Crippen molar-refractivity contribution in [2.24, 2.45) is 0 Å². The molecule has 0 atom stereocenters. The number of carboxylic acid groups (broad SMARTS) is 1. The molecule has 6 heteroatoms. The van der Waals surface area contributed by atoms with Crippen molar-refractivity contribution in [2.75, 3.05) is 0 Å². The minimum Gasteiger partial charge on any atom is -0.477 e. The number of halogens is 1. The SMILES string of the molecule is Cc1cc(Cl)nc2[nH]cc(C(=O)O)c(=O)c12. The third-order valence-electron chi connectivity index (χ3n) is 2.24. The van der Waals surface area contributed by atoms with Gasteiger partial charge < -0.3 is 10.1 Å². The van der Waals surface area contributed by atoms with E-state index in [1.807, 2.05) is 0 Å². The summed E-state index contributed by atoms with van der Waals surface area (Å²) in [6.45, 7) is 1.68. The number of hydrogen-bond donors (Lipinski definition) is 2. The van der Waals surface area contributed by atoms with E-state index in [1.165, 1.54) is 6.07 Å². The largest absolute Gasteiger partial charge is 0.477 e. The van der Waals surface area contributed by atoms with Gasteiger partial charge in [0.25, 0.3) is 0 Å². The molecule has 2 N–H and O–H groups in total. The Bertz CT molecular complexity index is 648. The van der Waals surface area contributed by atoms with Gasteiger partial charge in [0.1, 0.15) is 16.4 Å². The second kappa shape index (κ2) is 3.61. The van der Waals surface area contributed by atoms with Crippen LogP contribution in [-0.4, -0.2) is 21.0 Å². The average Bonchev–Trinajstić information content (AvgIpc) is 2.15. The fourth-order valence-electron chi connectivity index (χ4n) is 1.52. The maximum absolute atomic E-state index is 11.8. The minimum absolute atomic E-state index is 0.253. The Morgan fingerprint density at radius 2 is 2.25 bits per heavy atom. The van der Waals surface area contributed by atoms with Crippen LogP contribution in [0.1, 0.15) is 15.9 Å². The summed E-state index contributed by atoms with van der Waals surface area (Å²) in [6, 6.07) is 1.52. The molecule has 0 saturated heterocycles. The number of H-pyrrole nitrogens is 1. The molecule has 2 heterocycles. The van der Waals surface area contributed by atoms with Crippen LogP contribution >= 0.6 is 11.6 Å². The molecule has 2 rings (SSSR count). The van der Waals surface area contributed by atoms with E-state index in [9.17, 15) is 9.59 Å². The first-order valence-corrected chi connectivity index (χ1v) is 4.80. The van der Waals surface area contributed by atoms with Crippen molar-refractivity contribution in [1.29, 1.82) is 0 Å². The molecule has 2 aromatic rings. The van der Waals surface area contributed by atoms with Crippen LogP contribution in [0, 0.1) is 6.92 Å². The van der Waals surface area contributed by atoms with Gasteiger partial charge in [0.05, 0.1) is 5.39 Å². The number of aromatic nitrogens is 2. The molecule has 82 valence electrons. The Morgan fingerprint density at radius 1 is 1.56 bits per heavy atom. The number of nitrogens with one attached hydrogen (secondary N) is 1. The first kappa shape index (κ1) is 10.6. The number of pyridine rings is 2. The third kappa shape index (κ3) is 1.55. The van der Waals surface area contributed by atoms with Gasteiger partial charge in [0.15, 0.2) is 0 Å². The number of carboxylic acids is 1. The quantitative estimate of drug-likeness (QED) is 0.739. The smallest absolute Gasteiger partial charge is 0.341 e. The summed E-state index contributed by atoms with van der Waals surface area (Å²) in [5, 5.41) is 9.31. The topological polar surface area (TPSA) is 83.1 Å². The van der Waals surface area contributed by atoms with E-state index in [-0.39, 0.29) is 16.1 Å². The average molecular weight is 239 g/mol. The number of fused-ring (bicyclic) bond motifs is 1. The summed E-state index contributed by atoms with van der Waals surface area (Å²) < 4.78 is 0. The van der Waals surface area contributed by atoms with Crippen LogP contribution in [0.2, 0.25) is 5.15 Å². The fourth-order valence-corrected chi connectivity index (χ4v) is 1.77. The van der Waals surface area contributed by atoms with Crippen LogP contribution in [0.5, 0.6) is 0 Å². The highest BCUT2D eigenvalue weighted by Crippen LogP contribution is 2.15. The van der Waals surface area contributed by atoms with E-state index in [2.05, 4.69) is 9.97 Å². The molecule has 16 heavy (non-hydrogen) atoms. The summed E-state index contributed by atoms with van der Waals surface area (Å²) in [6.07, 6.45) is 1.12. The standard InChI is InChI=1S/C10H7ClN2O3/c1-4-2-6(11)13-9-7(4)8(14)5(3-12-9)10(15)16/h2-3H,1H3,(H,15,16)(H,12,13,14). The van der Waals surface area contributed by atoms with Crippen molar-refractivity contribution < 1.29 is 9.90 Å². The zero-order valence-electron chi connectivity index (χ0n) is 8.24. The van der Waals surface area contributed by atoms with Crippen molar-refractivity contribution in [3.63, 3.8) is 0 Å². The number of aromatic amines is 1. The van der Waals surface area contributed by atoms with Crippen molar-refractivity contribution >= 4 is 28.6 Å². The Labute approximate surface area is 94.7 Å². The third-order valence-corrected chi connectivity index (χ3v) is 2.43. The molecule has 0 unspecified atom stereocenters. The van der Waals surface area contributed by atoms with Crippen molar-refractivity contribution in [2.45, 2.75) is 6.92 Å². The number of hydrogen-bond acceptors (Lipinski definition) is 3. The highest BCUT2D eigenvalue weighted by molar-refractivity contribution is 6.29. The summed E-state index contributed by atoms with van der Waals surface area (Å²) >= 11 is 5.73. The molecule has 0 saturated carbocycles. The zero-order valence-corrected chi connectivity index (χ0v) is 9.00. The van der Waals surface area contributed by atoms with Gasteiger partial charge in [0.2, 0.25) is 5.43 Å². The monoisotopic (exact) mass is 238 g/mol. The lowest BCUT2D eigenvalue weighted by molar-refractivity contribution is 0.0695. The maximum Gasteiger partial charge on any atom is 0.341 e. The van der Waals surface area contributed by atoms with Gasteiger partial charge in [-0.25, -0.2) is 9.78 Å². The molecule has 0 bridgehead atoms. The van der Waals surface area contributed by atoms with E-state index in [0.29, 0.717) is 11.2 Å². The number of aryl methyl sites for hydroxylation is 1. The van der Waals surface area contributed by atoms with Gasteiger partial charge in [-0.15, -0.1) is 0 Å². The number of carbonyl (C=O) groups is 1. The Balaban J connectivity index is 2.95. The molecule has 0 aliphatic heterocycles. The van der Waals surface area contributed by atoms with E-state index < -0.39 is 11.4 Å². The van der Waals surface area contributed by atoms with Crippen molar-refractivity contribution in [3.05, 3.63) is 38.8 Å². The molecule has 0 amide bonds. The second-order valence-corrected chi connectivity index (χ2v) is 3.71. The van der Waals surface area contributed by atoms with Gasteiger partial charge in [-0.2, -0.15) is 0 Å². The Hall–Kier alpha value is -1.88. The van der Waals surface area contributed by atoms with E-state index in [4.69, 9.17) is 16.7 Å². The predicted octanol–water partition coefficient (Wildman–Crippen LogP) is 1.58. The van der Waals surface area contributed by atoms with E-state index in [1.54, 1.807) is 6.92 Å². The Morgan fingerprint density at radius 3 is 2.88 bits per heavy atom. The second-order valence-electron chi connectivity index (χ2n) is 3.32. The first-order valence-electron chi connectivity index (χ1n) is 4.42. The van der Waals surface area contributed by atoms with Crippen LogP contribution < -0.4 is 5.43 Å². The van der Waals surface area contributed by atoms with Gasteiger partial charge in [-0.05, 0) is 18.6 Å². The number of rotatable bonds is 1. The first-order chi connectivity index (χ1) is 7.50. The molecule has 0 aliphatic rings. The molecule has 2 aromatic heterocycles. The zero-order chi connectivity index (χ0) is 11.9. The summed E-state index contributed by atoms with van der Waals surface area (Å²) in [4.78, 5) is 29.2. The van der Waals surface area contributed by atoms with Gasteiger partial charge in [0, 0.05) is 6.20 Å². The van der Waals surface area contributed by atoms with Crippen LogP contribution in [-0.2, 0) is 0 Å². The lowest BCUT2D eigenvalue weighted by Crippen LogP contribution is -2.16. The number of nitrogens with zero attached hydrogens (tertiary/aromatic N) is 1. The molecular formula is C10H7ClN2O3. The molecule has 0 aliphatic carbocycles. The molecule has 5 nitrogen and oxygen atoms in total.